The number of aliphatic hydroxyl groups is 3. The minimum Gasteiger partial charge on any atom is -0.462 e. The Morgan fingerprint density at radius 1 is 1.47 bits per heavy atom. The van der Waals surface area contributed by atoms with Gasteiger partial charge in [-0.2, -0.15) is 0 Å². The van der Waals surface area contributed by atoms with E-state index in [0.29, 0.717) is 10.4 Å². The highest BCUT2D eigenvalue weighted by Crippen LogP contribution is 2.38. The van der Waals surface area contributed by atoms with Crippen LogP contribution in [0.3, 0.4) is 0 Å². The number of aliphatic hydroxyl groups excluding tert-OH is 3. The summed E-state index contributed by atoms with van der Waals surface area (Å²) in [4.78, 5) is 12.3. The number of rotatable bonds is 4. The third kappa shape index (κ3) is 2.65. The molecule has 0 bridgehead atoms. The van der Waals surface area contributed by atoms with E-state index >= 15 is 0 Å². The lowest BCUT2D eigenvalue weighted by molar-refractivity contribution is -0.0220. The minimum absolute atomic E-state index is 0.254. The fraction of sp³-hybridized carbons (Fsp3) is 0.583. The SMILES string of the molecule is CCOC(=O)c1ccsc1[C@H]1O[C@H](CO)[C@@H](O)[C@H]1O. The van der Waals surface area contributed by atoms with Crippen molar-refractivity contribution in [2.45, 2.75) is 31.3 Å². The summed E-state index contributed by atoms with van der Waals surface area (Å²) in [5.41, 5.74) is 0.321. The minimum atomic E-state index is -1.18. The van der Waals surface area contributed by atoms with Gasteiger partial charge in [-0.1, -0.05) is 0 Å². The highest BCUT2D eigenvalue weighted by Gasteiger charge is 2.44. The number of hydrogen-bond acceptors (Lipinski definition) is 7. The summed E-state index contributed by atoms with van der Waals surface area (Å²) in [6.07, 6.45) is -4.03. The van der Waals surface area contributed by atoms with Crippen molar-refractivity contribution in [2.75, 3.05) is 13.2 Å². The van der Waals surface area contributed by atoms with Crippen LogP contribution in [0.15, 0.2) is 11.4 Å². The Bertz CT molecular complexity index is 445. The zero-order chi connectivity index (χ0) is 14.0. The van der Waals surface area contributed by atoms with Gasteiger partial charge in [0.2, 0.25) is 0 Å². The normalized spacial score (nSPS) is 30.5. The molecular weight excluding hydrogens is 272 g/mol. The van der Waals surface area contributed by atoms with E-state index in [1.807, 2.05) is 0 Å². The van der Waals surface area contributed by atoms with Crippen LogP contribution in [-0.2, 0) is 9.47 Å². The monoisotopic (exact) mass is 288 g/mol. The third-order valence-electron chi connectivity index (χ3n) is 2.99. The molecule has 0 aliphatic carbocycles. The van der Waals surface area contributed by atoms with E-state index in [9.17, 15) is 15.0 Å². The first kappa shape index (κ1) is 14.4. The van der Waals surface area contributed by atoms with Gasteiger partial charge in [-0.3, -0.25) is 0 Å². The van der Waals surface area contributed by atoms with Crippen LogP contribution in [0.1, 0.15) is 28.3 Å². The van der Waals surface area contributed by atoms with Crippen LogP contribution in [0.25, 0.3) is 0 Å². The van der Waals surface area contributed by atoms with Crippen molar-refractivity contribution < 1.29 is 29.6 Å². The van der Waals surface area contributed by atoms with Crippen LogP contribution >= 0.6 is 11.3 Å². The molecule has 3 N–H and O–H groups in total. The molecule has 0 spiro atoms. The Balaban J connectivity index is 2.23. The van der Waals surface area contributed by atoms with Gasteiger partial charge in [0.1, 0.15) is 24.4 Å². The predicted molar refractivity (Wildman–Crippen MR) is 67.0 cm³/mol. The summed E-state index contributed by atoms with van der Waals surface area (Å²) < 4.78 is 10.3. The molecule has 1 aliphatic rings. The molecule has 2 rings (SSSR count). The van der Waals surface area contributed by atoms with Crippen molar-refractivity contribution in [1.29, 1.82) is 0 Å². The number of esters is 1. The molecule has 0 unspecified atom stereocenters. The second-order valence-electron chi connectivity index (χ2n) is 4.18. The summed E-state index contributed by atoms with van der Waals surface area (Å²) in [5.74, 6) is -0.489. The molecule has 6 nitrogen and oxygen atoms in total. The number of ether oxygens (including phenoxy) is 2. The number of thiophene rings is 1. The van der Waals surface area contributed by atoms with Gasteiger partial charge in [-0.05, 0) is 18.4 Å². The second kappa shape index (κ2) is 5.98. The molecule has 0 amide bonds. The quantitative estimate of drug-likeness (QED) is 0.679. The van der Waals surface area contributed by atoms with E-state index in [-0.39, 0.29) is 6.61 Å². The molecule has 106 valence electrons. The zero-order valence-corrected chi connectivity index (χ0v) is 11.2. The number of carbonyl (C=O) groups excluding carboxylic acids is 1. The Morgan fingerprint density at radius 3 is 2.79 bits per heavy atom. The van der Waals surface area contributed by atoms with Crippen LogP contribution in [0.4, 0.5) is 0 Å². The fourth-order valence-electron chi connectivity index (χ4n) is 2.04. The number of hydrogen-bond donors (Lipinski definition) is 3. The van der Waals surface area contributed by atoms with Crippen LogP contribution in [0.2, 0.25) is 0 Å². The summed E-state index contributed by atoms with van der Waals surface area (Å²) in [5, 5.41) is 30.4. The summed E-state index contributed by atoms with van der Waals surface area (Å²) in [6, 6.07) is 1.59. The molecule has 1 fully saturated rings. The molecular formula is C12H16O6S. The van der Waals surface area contributed by atoms with Crippen molar-refractivity contribution in [3.8, 4) is 0 Å². The first-order valence-corrected chi connectivity index (χ1v) is 6.85. The van der Waals surface area contributed by atoms with E-state index in [0.717, 1.165) is 0 Å². The van der Waals surface area contributed by atoms with Gasteiger partial charge in [0, 0.05) is 0 Å². The van der Waals surface area contributed by atoms with E-state index in [1.54, 1.807) is 18.4 Å². The molecule has 0 radical (unpaired) electrons. The van der Waals surface area contributed by atoms with Crippen molar-refractivity contribution in [2.24, 2.45) is 0 Å². The Morgan fingerprint density at radius 2 is 2.21 bits per heavy atom. The molecule has 1 saturated heterocycles. The lowest BCUT2D eigenvalue weighted by atomic mass is 10.0. The van der Waals surface area contributed by atoms with Gasteiger partial charge < -0.3 is 24.8 Å². The van der Waals surface area contributed by atoms with Gasteiger partial charge >= 0.3 is 5.97 Å². The van der Waals surface area contributed by atoms with Crippen LogP contribution in [0.5, 0.6) is 0 Å². The van der Waals surface area contributed by atoms with Crippen molar-refractivity contribution in [3.05, 3.63) is 21.9 Å². The van der Waals surface area contributed by atoms with E-state index in [2.05, 4.69) is 0 Å². The average Bonchev–Trinajstić information content (AvgIpc) is 2.97. The highest BCUT2D eigenvalue weighted by atomic mass is 32.1. The standard InChI is InChI=1S/C12H16O6S/c1-2-17-12(16)6-3-4-19-11(6)10-9(15)8(14)7(5-13)18-10/h3-4,7-10,13-15H,2,5H2,1H3/t7-,8-,9-,10+/m1/s1. The lowest BCUT2D eigenvalue weighted by Crippen LogP contribution is -2.32. The van der Waals surface area contributed by atoms with Gasteiger partial charge in [-0.25, -0.2) is 4.79 Å². The predicted octanol–water partition coefficient (Wildman–Crippen LogP) is 0.0788. The van der Waals surface area contributed by atoms with Crippen molar-refractivity contribution >= 4 is 17.3 Å². The number of carbonyl (C=O) groups is 1. The largest absolute Gasteiger partial charge is 0.462 e. The summed E-state index contributed by atoms with van der Waals surface area (Å²) in [6.45, 7) is 1.56. The van der Waals surface area contributed by atoms with Gasteiger partial charge in [0.05, 0.1) is 23.7 Å². The molecule has 4 atom stereocenters. The van der Waals surface area contributed by atoms with E-state index < -0.39 is 37.0 Å². The molecule has 19 heavy (non-hydrogen) atoms. The summed E-state index contributed by atoms with van der Waals surface area (Å²) >= 11 is 1.24. The molecule has 1 aromatic rings. The van der Waals surface area contributed by atoms with E-state index in [1.165, 1.54) is 11.3 Å². The van der Waals surface area contributed by atoms with Gasteiger partial charge in [-0.15, -0.1) is 11.3 Å². The zero-order valence-electron chi connectivity index (χ0n) is 10.4. The topological polar surface area (TPSA) is 96.2 Å². The highest BCUT2D eigenvalue weighted by molar-refractivity contribution is 7.10. The van der Waals surface area contributed by atoms with Crippen LogP contribution in [-0.4, -0.2) is 52.8 Å². The smallest absolute Gasteiger partial charge is 0.339 e. The average molecular weight is 288 g/mol. The summed E-state index contributed by atoms with van der Waals surface area (Å²) in [7, 11) is 0. The Kier molecular flexibility index (Phi) is 4.54. The van der Waals surface area contributed by atoms with Crippen LogP contribution in [0, 0.1) is 0 Å². The molecule has 2 heterocycles. The van der Waals surface area contributed by atoms with Gasteiger partial charge in [0.15, 0.2) is 0 Å². The van der Waals surface area contributed by atoms with Crippen LogP contribution < -0.4 is 0 Å². The first-order chi connectivity index (χ1) is 9.10. The second-order valence-corrected chi connectivity index (χ2v) is 5.13. The van der Waals surface area contributed by atoms with Crippen molar-refractivity contribution in [1.82, 2.24) is 0 Å². The van der Waals surface area contributed by atoms with Crippen molar-refractivity contribution in [3.63, 3.8) is 0 Å². The lowest BCUT2D eigenvalue weighted by Gasteiger charge is -2.14. The molecule has 0 aromatic carbocycles. The molecule has 1 aromatic heterocycles. The fourth-order valence-corrected chi connectivity index (χ4v) is 2.99. The molecule has 7 heteroatoms. The van der Waals surface area contributed by atoms with Gasteiger partial charge in [0.25, 0.3) is 0 Å². The maximum absolute atomic E-state index is 11.8. The third-order valence-corrected chi connectivity index (χ3v) is 3.97. The maximum atomic E-state index is 11.8. The molecule has 1 aliphatic heterocycles. The maximum Gasteiger partial charge on any atom is 0.339 e. The van der Waals surface area contributed by atoms with E-state index in [4.69, 9.17) is 14.6 Å². The Hall–Kier alpha value is -0.990. The molecule has 0 saturated carbocycles. The Labute approximate surface area is 114 Å². The first-order valence-electron chi connectivity index (χ1n) is 5.97.